The van der Waals surface area contributed by atoms with Crippen LogP contribution in [0.25, 0.3) is 0 Å². The molecule has 0 bridgehead atoms. The zero-order chi connectivity index (χ0) is 12.7. The Morgan fingerprint density at radius 1 is 1.53 bits per heavy atom. The zero-order valence-corrected chi connectivity index (χ0v) is 11.0. The van der Waals surface area contributed by atoms with E-state index in [4.69, 9.17) is 4.74 Å². The molecule has 0 aromatic carbocycles. The summed E-state index contributed by atoms with van der Waals surface area (Å²) in [5.74, 6) is 0.240. The number of aliphatic hydroxyl groups is 1. The molecule has 100 valence electrons. The van der Waals surface area contributed by atoms with Gasteiger partial charge in [-0.05, 0) is 39.0 Å². The number of amides is 1. The Labute approximate surface area is 104 Å². The van der Waals surface area contributed by atoms with Crippen molar-refractivity contribution in [1.82, 2.24) is 4.90 Å². The SMILES string of the molecule is COCCCCC(=O)N1CCCC1CC(C)O. The predicted octanol–water partition coefficient (Wildman–Crippen LogP) is 1.56. The van der Waals surface area contributed by atoms with E-state index >= 15 is 0 Å². The van der Waals surface area contributed by atoms with Gasteiger partial charge in [0.25, 0.3) is 0 Å². The van der Waals surface area contributed by atoms with Crippen molar-refractivity contribution in [3.8, 4) is 0 Å². The lowest BCUT2D eigenvalue weighted by Gasteiger charge is -2.25. The van der Waals surface area contributed by atoms with Gasteiger partial charge in [-0.15, -0.1) is 0 Å². The Balaban J connectivity index is 2.29. The molecule has 0 aliphatic carbocycles. The van der Waals surface area contributed by atoms with Crippen LogP contribution in [0.3, 0.4) is 0 Å². The maximum absolute atomic E-state index is 12.0. The quantitative estimate of drug-likeness (QED) is 0.690. The number of hydrogen-bond acceptors (Lipinski definition) is 3. The molecular weight excluding hydrogens is 218 g/mol. The molecule has 0 spiro atoms. The average molecular weight is 243 g/mol. The van der Waals surface area contributed by atoms with Gasteiger partial charge in [0.05, 0.1) is 6.10 Å². The highest BCUT2D eigenvalue weighted by Crippen LogP contribution is 2.22. The first kappa shape index (κ1) is 14.5. The molecule has 4 heteroatoms. The molecule has 1 saturated heterocycles. The molecule has 0 aromatic heterocycles. The highest BCUT2D eigenvalue weighted by molar-refractivity contribution is 5.76. The summed E-state index contributed by atoms with van der Waals surface area (Å²) in [6.45, 7) is 3.38. The van der Waals surface area contributed by atoms with Crippen LogP contribution < -0.4 is 0 Å². The summed E-state index contributed by atoms with van der Waals surface area (Å²) >= 11 is 0. The Morgan fingerprint density at radius 2 is 2.29 bits per heavy atom. The Kier molecular flexibility index (Phi) is 6.52. The number of carbonyl (C=O) groups is 1. The number of aliphatic hydroxyl groups excluding tert-OH is 1. The summed E-state index contributed by atoms with van der Waals surface area (Å²) in [5.41, 5.74) is 0. The molecule has 1 amide bonds. The standard InChI is InChI=1S/C13H25NO3/c1-11(15)10-12-6-5-8-14(12)13(16)7-3-4-9-17-2/h11-12,15H,3-10H2,1-2H3. The highest BCUT2D eigenvalue weighted by atomic mass is 16.5. The molecule has 0 radical (unpaired) electrons. The second-order valence-electron chi connectivity index (χ2n) is 4.92. The van der Waals surface area contributed by atoms with Crippen LogP contribution in [0.15, 0.2) is 0 Å². The molecule has 1 heterocycles. The largest absolute Gasteiger partial charge is 0.393 e. The van der Waals surface area contributed by atoms with Crippen molar-refractivity contribution in [3.05, 3.63) is 0 Å². The van der Waals surface area contributed by atoms with E-state index in [1.807, 2.05) is 4.90 Å². The van der Waals surface area contributed by atoms with Crippen LogP contribution in [0.5, 0.6) is 0 Å². The Bertz CT molecular complexity index is 231. The van der Waals surface area contributed by atoms with Crippen LogP contribution in [-0.4, -0.2) is 48.3 Å². The van der Waals surface area contributed by atoms with E-state index in [0.717, 1.165) is 38.8 Å². The molecule has 1 N–H and O–H groups in total. The second-order valence-corrected chi connectivity index (χ2v) is 4.92. The van der Waals surface area contributed by atoms with Crippen LogP contribution >= 0.6 is 0 Å². The third kappa shape index (κ3) is 5.04. The van der Waals surface area contributed by atoms with Crippen LogP contribution in [0.1, 0.15) is 45.4 Å². The lowest BCUT2D eigenvalue weighted by atomic mass is 10.1. The molecule has 1 fully saturated rings. The van der Waals surface area contributed by atoms with E-state index in [1.165, 1.54) is 0 Å². The van der Waals surface area contributed by atoms with Crippen molar-refractivity contribution in [2.75, 3.05) is 20.3 Å². The minimum absolute atomic E-state index is 0.240. The van der Waals surface area contributed by atoms with E-state index in [-0.39, 0.29) is 18.1 Å². The van der Waals surface area contributed by atoms with Crippen LogP contribution in [0, 0.1) is 0 Å². The van der Waals surface area contributed by atoms with Crippen molar-refractivity contribution in [2.24, 2.45) is 0 Å². The number of ether oxygens (including phenoxy) is 1. The topological polar surface area (TPSA) is 49.8 Å². The summed E-state index contributed by atoms with van der Waals surface area (Å²) in [5, 5.41) is 9.40. The number of hydrogen-bond donors (Lipinski definition) is 1. The van der Waals surface area contributed by atoms with Crippen molar-refractivity contribution < 1.29 is 14.6 Å². The summed E-state index contributed by atoms with van der Waals surface area (Å²) in [4.78, 5) is 14.0. The van der Waals surface area contributed by atoms with E-state index in [2.05, 4.69) is 0 Å². The van der Waals surface area contributed by atoms with Gasteiger partial charge < -0.3 is 14.7 Å². The van der Waals surface area contributed by atoms with Crippen LogP contribution in [-0.2, 0) is 9.53 Å². The molecule has 1 aliphatic rings. The van der Waals surface area contributed by atoms with Gasteiger partial charge in [0.1, 0.15) is 0 Å². The van der Waals surface area contributed by atoms with Crippen molar-refractivity contribution in [1.29, 1.82) is 0 Å². The monoisotopic (exact) mass is 243 g/mol. The summed E-state index contributed by atoms with van der Waals surface area (Å²) in [7, 11) is 1.68. The van der Waals surface area contributed by atoms with Gasteiger partial charge in [0.15, 0.2) is 0 Å². The van der Waals surface area contributed by atoms with Gasteiger partial charge >= 0.3 is 0 Å². The smallest absolute Gasteiger partial charge is 0.222 e. The normalized spacial score (nSPS) is 21.8. The Morgan fingerprint density at radius 3 is 2.94 bits per heavy atom. The maximum Gasteiger partial charge on any atom is 0.222 e. The number of likely N-dealkylation sites (tertiary alicyclic amines) is 1. The first-order chi connectivity index (χ1) is 8.15. The lowest BCUT2D eigenvalue weighted by Crippen LogP contribution is -2.37. The second kappa shape index (κ2) is 7.67. The molecule has 2 unspecified atom stereocenters. The van der Waals surface area contributed by atoms with Crippen molar-refractivity contribution in [2.45, 2.75) is 57.6 Å². The van der Waals surface area contributed by atoms with Gasteiger partial charge in [0, 0.05) is 32.7 Å². The first-order valence-corrected chi connectivity index (χ1v) is 6.61. The van der Waals surface area contributed by atoms with Gasteiger partial charge in [-0.3, -0.25) is 4.79 Å². The van der Waals surface area contributed by atoms with Crippen LogP contribution in [0.4, 0.5) is 0 Å². The van der Waals surface area contributed by atoms with Gasteiger partial charge in [0.2, 0.25) is 5.91 Å². The highest BCUT2D eigenvalue weighted by Gasteiger charge is 2.28. The van der Waals surface area contributed by atoms with E-state index in [0.29, 0.717) is 12.8 Å². The predicted molar refractivity (Wildman–Crippen MR) is 66.8 cm³/mol. The summed E-state index contributed by atoms with van der Waals surface area (Å²) in [6.07, 6.45) is 4.95. The van der Waals surface area contributed by atoms with E-state index in [9.17, 15) is 9.90 Å². The third-order valence-corrected chi connectivity index (χ3v) is 3.30. The van der Waals surface area contributed by atoms with E-state index in [1.54, 1.807) is 14.0 Å². The fourth-order valence-corrected chi connectivity index (χ4v) is 2.47. The zero-order valence-electron chi connectivity index (χ0n) is 11.0. The molecule has 1 aliphatic heterocycles. The molecular formula is C13H25NO3. The molecule has 0 aromatic rings. The fraction of sp³-hybridized carbons (Fsp3) is 0.923. The maximum atomic E-state index is 12.0. The van der Waals surface area contributed by atoms with Crippen molar-refractivity contribution >= 4 is 5.91 Å². The number of methoxy groups -OCH3 is 1. The van der Waals surface area contributed by atoms with Crippen molar-refractivity contribution in [3.63, 3.8) is 0 Å². The number of unbranched alkanes of at least 4 members (excludes halogenated alkanes) is 1. The lowest BCUT2D eigenvalue weighted by molar-refractivity contribution is -0.132. The molecule has 0 saturated carbocycles. The number of rotatable bonds is 7. The van der Waals surface area contributed by atoms with Gasteiger partial charge in [-0.2, -0.15) is 0 Å². The molecule has 1 rings (SSSR count). The third-order valence-electron chi connectivity index (χ3n) is 3.30. The fourth-order valence-electron chi connectivity index (χ4n) is 2.47. The Hall–Kier alpha value is -0.610. The molecule has 4 nitrogen and oxygen atoms in total. The molecule has 2 atom stereocenters. The minimum Gasteiger partial charge on any atom is -0.393 e. The van der Waals surface area contributed by atoms with Gasteiger partial charge in [-0.1, -0.05) is 0 Å². The first-order valence-electron chi connectivity index (χ1n) is 6.61. The van der Waals surface area contributed by atoms with Gasteiger partial charge in [-0.25, -0.2) is 0 Å². The summed E-state index contributed by atoms with van der Waals surface area (Å²) < 4.78 is 4.96. The molecule has 17 heavy (non-hydrogen) atoms. The minimum atomic E-state index is -0.318. The van der Waals surface area contributed by atoms with E-state index < -0.39 is 0 Å². The average Bonchev–Trinajstić information content (AvgIpc) is 2.71. The van der Waals surface area contributed by atoms with Crippen LogP contribution in [0.2, 0.25) is 0 Å². The number of carbonyl (C=O) groups excluding carboxylic acids is 1. The number of nitrogens with zero attached hydrogens (tertiary/aromatic N) is 1. The summed E-state index contributed by atoms with van der Waals surface area (Å²) in [6, 6.07) is 0.255.